The van der Waals surface area contributed by atoms with E-state index in [9.17, 15) is 27.1 Å². The van der Waals surface area contributed by atoms with Crippen LogP contribution in [0.4, 0.5) is 14.7 Å². The van der Waals surface area contributed by atoms with E-state index >= 15 is 0 Å². The fourth-order valence-electron chi connectivity index (χ4n) is 4.53. The lowest BCUT2D eigenvalue weighted by molar-refractivity contribution is -0.0513. The van der Waals surface area contributed by atoms with E-state index in [-0.39, 0.29) is 42.9 Å². The Hall–Kier alpha value is -2.38. The van der Waals surface area contributed by atoms with Crippen molar-refractivity contribution in [2.24, 2.45) is 0 Å². The smallest absolute Gasteiger partial charge is 0.387 e. The van der Waals surface area contributed by atoms with Gasteiger partial charge in [-0.3, -0.25) is 9.36 Å². The summed E-state index contributed by atoms with van der Waals surface area (Å²) in [7, 11) is -3.36. The molecule has 1 aliphatic carbocycles. The molecule has 0 unspecified atom stereocenters. The molecule has 2 aromatic heterocycles. The van der Waals surface area contributed by atoms with Gasteiger partial charge in [-0.1, -0.05) is 0 Å². The highest BCUT2D eigenvalue weighted by Gasteiger charge is 2.40. The van der Waals surface area contributed by atoms with E-state index in [0.29, 0.717) is 19.3 Å². The standard InChI is InChI=1S/C20H27F2N5O5S/c1-20(29)7-3-4-15(20)27-16-12(10-14(17(27)28)32-18(21)22)11-23-19(25-16)24-13-5-8-26(9-6-13)33(2,30)31/h10-11,13,15,18,29H,3-9H2,1-2H3,(H,23,24,25)/t15-,20-/m1/s1/i13D. The molecule has 1 saturated carbocycles. The van der Waals surface area contributed by atoms with E-state index in [0.717, 1.165) is 12.3 Å². The number of aliphatic hydroxyl groups is 1. The molecule has 1 aliphatic heterocycles. The zero-order valence-electron chi connectivity index (χ0n) is 19.3. The molecule has 4 rings (SSSR count). The third-order valence-corrected chi connectivity index (χ3v) is 7.53. The molecule has 2 aliphatic rings. The monoisotopic (exact) mass is 488 g/mol. The van der Waals surface area contributed by atoms with Gasteiger partial charge in [0.1, 0.15) is 5.65 Å². The van der Waals surface area contributed by atoms with Crippen LogP contribution in [0.15, 0.2) is 17.1 Å². The van der Waals surface area contributed by atoms with E-state index in [4.69, 9.17) is 1.37 Å². The molecule has 1 saturated heterocycles. The van der Waals surface area contributed by atoms with Gasteiger partial charge in [0.2, 0.25) is 16.0 Å². The molecular formula is C20H27F2N5O5S. The maximum atomic E-state index is 13.1. The van der Waals surface area contributed by atoms with Crippen LogP contribution >= 0.6 is 0 Å². The summed E-state index contributed by atoms with van der Waals surface area (Å²) >= 11 is 0. The number of anilines is 1. The van der Waals surface area contributed by atoms with E-state index in [1.165, 1.54) is 15.1 Å². The molecule has 2 N–H and O–H groups in total. The summed E-state index contributed by atoms with van der Waals surface area (Å²) in [6, 6.07) is -0.818. The number of nitrogens with one attached hydrogen (secondary N) is 1. The Bertz CT molecular complexity index is 1250. The van der Waals surface area contributed by atoms with E-state index < -0.39 is 45.6 Å². The quantitative estimate of drug-likeness (QED) is 0.629. The number of pyridine rings is 1. The Morgan fingerprint density at radius 2 is 2.06 bits per heavy atom. The average Bonchev–Trinajstić information content (AvgIpc) is 3.06. The van der Waals surface area contributed by atoms with Gasteiger partial charge in [-0.2, -0.15) is 13.8 Å². The summed E-state index contributed by atoms with van der Waals surface area (Å²) in [5.74, 6) is -0.539. The zero-order chi connectivity index (χ0) is 24.9. The normalized spacial score (nSPS) is 26.5. The maximum Gasteiger partial charge on any atom is 0.387 e. The summed E-state index contributed by atoms with van der Waals surface area (Å²) < 4.78 is 64.9. The van der Waals surface area contributed by atoms with Gasteiger partial charge in [0, 0.05) is 30.7 Å². The number of fused-ring (bicyclic) bond motifs is 1. The van der Waals surface area contributed by atoms with Crippen molar-refractivity contribution in [1.29, 1.82) is 0 Å². The van der Waals surface area contributed by atoms with Crippen molar-refractivity contribution in [2.45, 2.75) is 63.3 Å². The highest BCUT2D eigenvalue weighted by molar-refractivity contribution is 7.88. The number of halogens is 2. The zero-order valence-corrected chi connectivity index (χ0v) is 19.1. The van der Waals surface area contributed by atoms with Crippen LogP contribution in [0.1, 0.15) is 46.4 Å². The van der Waals surface area contributed by atoms with Crippen LogP contribution in [0.3, 0.4) is 0 Å². The van der Waals surface area contributed by atoms with Gasteiger partial charge in [0.25, 0.3) is 5.56 Å². The van der Waals surface area contributed by atoms with Crippen LogP contribution in [-0.2, 0) is 10.0 Å². The lowest BCUT2D eigenvalue weighted by atomic mass is 10.00. The molecule has 10 nitrogen and oxygen atoms in total. The van der Waals surface area contributed by atoms with Crippen molar-refractivity contribution < 1.29 is 28.4 Å². The van der Waals surface area contributed by atoms with Crippen molar-refractivity contribution in [3.63, 3.8) is 0 Å². The minimum Gasteiger partial charge on any atom is -0.429 e. The van der Waals surface area contributed by atoms with E-state index in [1.807, 2.05) is 0 Å². The molecule has 2 fully saturated rings. The van der Waals surface area contributed by atoms with E-state index in [1.54, 1.807) is 6.92 Å². The molecule has 0 spiro atoms. The molecule has 0 bridgehead atoms. The number of nitrogens with zero attached hydrogens (tertiary/aromatic N) is 4. The number of ether oxygens (including phenoxy) is 1. The highest BCUT2D eigenvalue weighted by Crippen LogP contribution is 2.40. The lowest BCUT2D eigenvalue weighted by Crippen LogP contribution is -2.42. The fraction of sp³-hybridized carbons (Fsp3) is 0.650. The van der Waals surface area contributed by atoms with Crippen LogP contribution < -0.4 is 15.6 Å². The van der Waals surface area contributed by atoms with E-state index in [2.05, 4.69) is 20.0 Å². The van der Waals surface area contributed by atoms with Crippen LogP contribution in [0, 0.1) is 0 Å². The summed E-state index contributed by atoms with van der Waals surface area (Å²) in [6.45, 7) is -1.30. The Kier molecular flexibility index (Phi) is 5.95. The first-order valence-corrected chi connectivity index (χ1v) is 12.5. The Labute approximate surface area is 191 Å². The van der Waals surface area contributed by atoms with Crippen LogP contribution in [0.5, 0.6) is 5.75 Å². The van der Waals surface area contributed by atoms with Crippen molar-refractivity contribution in [2.75, 3.05) is 24.7 Å². The Balaban J connectivity index is 1.73. The van der Waals surface area contributed by atoms with Crippen molar-refractivity contribution in [1.82, 2.24) is 18.8 Å². The summed E-state index contributed by atoms with van der Waals surface area (Å²) in [5, 5.41) is 14.0. The lowest BCUT2D eigenvalue weighted by Gasteiger charge is -2.31. The minimum absolute atomic E-state index is 0.0311. The third-order valence-electron chi connectivity index (χ3n) is 6.23. The number of hydrogen-bond acceptors (Lipinski definition) is 8. The molecule has 13 heteroatoms. The number of sulfonamides is 1. The SMILES string of the molecule is [2H]C1(Nc2ncc3cc(OC(F)F)c(=O)n([C@@H]4CCC[C@@]4(C)O)c3n2)CCN(S(C)(=O)=O)CC1. The Morgan fingerprint density at radius 1 is 1.36 bits per heavy atom. The largest absolute Gasteiger partial charge is 0.429 e. The maximum absolute atomic E-state index is 13.1. The molecule has 2 atom stereocenters. The highest BCUT2D eigenvalue weighted by atomic mass is 32.2. The number of aromatic nitrogens is 3. The molecular weight excluding hydrogens is 460 g/mol. The second-order valence-corrected chi connectivity index (χ2v) is 10.7. The number of alkyl halides is 2. The van der Waals surface area contributed by atoms with Crippen molar-refractivity contribution in [3.8, 4) is 5.75 Å². The van der Waals surface area contributed by atoms with Crippen molar-refractivity contribution >= 4 is 27.0 Å². The molecule has 0 amide bonds. The van der Waals surface area contributed by atoms with Gasteiger partial charge in [-0.05, 0) is 45.1 Å². The number of piperidine rings is 1. The van der Waals surface area contributed by atoms with Gasteiger partial charge < -0.3 is 15.2 Å². The van der Waals surface area contributed by atoms with Crippen molar-refractivity contribution in [3.05, 3.63) is 22.6 Å². The Morgan fingerprint density at radius 3 is 2.64 bits per heavy atom. The molecule has 0 aromatic carbocycles. The minimum atomic E-state index is -3.36. The third kappa shape index (κ3) is 4.94. The summed E-state index contributed by atoms with van der Waals surface area (Å²) in [5.41, 5.74) is -1.98. The molecule has 182 valence electrons. The molecule has 33 heavy (non-hydrogen) atoms. The number of hydrogen-bond donors (Lipinski definition) is 2. The van der Waals surface area contributed by atoms with Gasteiger partial charge in [0.15, 0.2) is 5.75 Å². The van der Waals surface area contributed by atoms with Gasteiger partial charge >= 0.3 is 6.61 Å². The molecule has 0 radical (unpaired) electrons. The van der Waals surface area contributed by atoms with Gasteiger partial charge in [0.05, 0.1) is 19.3 Å². The predicted octanol–water partition coefficient (Wildman–Crippen LogP) is 1.70. The second kappa shape index (κ2) is 8.76. The first-order valence-electron chi connectivity index (χ1n) is 11.1. The summed E-state index contributed by atoms with van der Waals surface area (Å²) in [4.78, 5) is 21.7. The van der Waals surface area contributed by atoms with Crippen LogP contribution in [0.2, 0.25) is 0 Å². The predicted molar refractivity (Wildman–Crippen MR) is 117 cm³/mol. The fourth-order valence-corrected chi connectivity index (χ4v) is 5.38. The summed E-state index contributed by atoms with van der Waals surface area (Å²) in [6.07, 6.45) is 4.32. The topological polar surface area (TPSA) is 127 Å². The molecule has 3 heterocycles. The second-order valence-electron chi connectivity index (χ2n) is 8.69. The van der Waals surface area contributed by atoms with Gasteiger partial charge in [-0.15, -0.1) is 0 Å². The first-order chi connectivity index (χ1) is 15.8. The average molecular weight is 489 g/mol. The number of rotatable bonds is 6. The van der Waals surface area contributed by atoms with Crippen LogP contribution in [0.25, 0.3) is 11.0 Å². The first kappa shape index (κ1) is 22.4. The van der Waals surface area contributed by atoms with Gasteiger partial charge in [-0.25, -0.2) is 17.7 Å². The van der Waals surface area contributed by atoms with Crippen LogP contribution in [-0.4, -0.2) is 69.9 Å². The molecule has 2 aromatic rings.